The number of nitrogens with one attached hydrogen (secondary N) is 1. The second-order valence-corrected chi connectivity index (χ2v) is 12.7. The number of carbonyl (C=O) groups is 2. The second kappa shape index (κ2) is 17.4. The van der Waals surface area contributed by atoms with Crippen molar-refractivity contribution < 1.29 is 98.5 Å². The largest absolute Gasteiger partial charge is 0.479 e. The molecule has 0 aromatic rings. The van der Waals surface area contributed by atoms with Gasteiger partial charge in [0.1, 0.15) is 79.3 Å². The van der Waals surface area contributed by atoms with E-state index in [2.05, 4.69) is 5.32 Å². The number of amides is 1. The molecule has 0 bridgehead atoms. The average molecular weight is 732 g/mol. The molecule has 0 aliphatic carbocycles. The van der Waals surface area contributed by atoms with Crippen LogP contribution in [0.4, 0.5) is 0 Å². The minimum atomic E-state index is -2.09. The molecule has 0 radical (unpaired) electrons. The summed E-state index contributed by atoms with van der Waals surface area (Å²) in [6, 6.07) is -1.62. The Balaban J connectivity index is 1.65. The molecule has 11 N–H and O–H groups in total. The zero-order valence-electron chi connectivity index (χ0n) is 27.7. The van der Waals surface area contributed by atoms with Crippen LogP contribution >= 0.6 is 0 Å². The van der Waals surface area contributed by atoms with Crippen molar-refractivity contribution in [1.29, 1.82) is 0 Å². The molecule has 4 aliphatic rings. The number of hydrogen-bond donors (Lipinski definition) is 11. The van der Waals surface area contributed by atoms with Crippen molar-refractivity contribution in [3.05, 3.63) is 0 Å². The highest BCUT2D eigenvalue weighted by molar-refractivity contribution is 5.73. The molecule has 8 unspecified atom stereocenters. The molecule has 21 heteroatoms. The first-order valence-electron chi connectivity index (χ1n) is 16.3. The molecule has 0 aromatic heterocycles. The summed E-state index contributed by atoms with van der Waals surface area (Å²) in [4.78, 5) is 24.0. The van der Waals surface area contributed by atoms with Gasteiger partial charge >= 0.3 is 5.97 Å². The van der Waals surface area contributed by atoms with E-state index in [1.807, 2.05) is 6.92 Å². The summed E-state index contributed by atoms with van der Waals surface area (Å²) < 4.78 is 45.9. The maximum atomic E-state index is 12.4. The summed E-state index contributed by atoms with van der Waals surface area (Å²) in [5.41, 5.74) is 0. The van der Waals surface area contributed by atoms with Gasteiger partial charge in [0.2, 0.25) is 5.91 Å². The van der Waals surface area contributed by atoms with Gasteiger partial charge in [0.25, 0.3) is 0 Å². The maximum absolute atomic E-state index is 12.4. The highest BCUT2D eigenvalue weighted by Crippen LogP contribution is 2.35. The van der Waals surface area contributed by atoms with E-state index >= 15 is 0 Å². The van der Waals surface area contributed by atoms with Crippen LogP contribution in [0.5, 0.6) is 0 Å². The zero-order chi connectivity index (χ0) is 37.2. The van der Waals surface area contributed by atoms with Gasteiger partial charge in [0.15, 0.2) is 31.3 Å². The SMILES string of the molecule is CCCO[C@@H]1OC(C)[C@H](O)C(O)[C@@H]1O[C@@H]1OC(C)[C@H](O)C(O)[C@@H]1O[C@@H]1OC(CO)[C@H](O)C(O[C@@H]2OC(C(=O)O)[C@H](O)C(O)[C@@H]2O)[C@@H]1NC(C)=O. The molecule has 4 rings (SSSR count). The summed E-state index contributed by atoms with van der Waals surface area (Å²) in [5.74, 6) is -2.48. The van der Waals surface area contributed by atoms with Gasteiger partial charge in [-0.25, -0.2) is 4.79 Å². The lowest BCUT2D eigenvalue weighted by atomic mass is 9.94. The number of hydrogen-bond acceptors (Lipinski definition) is 19. The smallest absolute Gasteiger partial charge is 0.335 e. The van der Waals surface area contributed by atoms with Gasteiger partial charge in [-0.1, -0.05) is 6.92 Å². The number of carboxylic acid groups (broad SMARTS) is 1. The lowest BCUT2D eigenvalue weighted by Crippen LogP contribution is -2.70. The lowest BCUT2D eigenvalue weighted by Gasteiger charge is -2.50. The van der Waals surface area contributed by atoms with Gasteiger partial charge in [-0.15, -0.1) is 0 Å². The first kappa shape index (κ1) is 41.0. The molecule has 0 saturated carbocycles. The van der Waals surface area contributed by atoms with Crippen LogP contribution < -0.4 is 5.32 Å². The third-order valence-corrected chi connectivity index (χ3v) is 8.97. The van der Waals surface area contributed by atoms with Gasteiger partial charge < -0.3 is 94.3 Å². The molecular formula is C29H49NO20. The summed E-state index contributed by atoms with van der Waals surface area (Å²) in [6.45, 7) is 5.07. The average Bonchev–Trinajstić information content (AvgIpc) is 3.06. The van der Waals surface area contributed by atoms with E-state index in [4.69, 9.17) is 37.9 Å². The number of aliphatic hydroxyl groups excluding tert-OH is 9. The lowest BCUT2D eigenvalue weighted by molar-refractivity contribution is -0.389. The molecule has 4 saturated heterocycles. The predicted octanol–water partition coefficient (Wildman–Crippen LogP) is -6.02. The van der Waals surface area contributed by atoms with Crippen molar-refractivity contribution in [3.63, 3.8) is 0 Å². The van der Waals surface area contributed by atoms with Crippen molar-refractivity contribution in [1.82, 2.24) is 5.32 Å². The van der Waals surface area contributed by atoms with E-state index in [0.717, 1.165) is 6.92 Å². The highest BCUT2D eigenvalue weighted by Gasteiger charge is 2.56. The summed E-state index contributed by atoms with van der Waals surface area (Å²) >= 11 is 0. The highest BCUT2D eigenvalue weighted by atomic mass is 16.8. The summed E-state index contributed by atoms with van der Waals surface area (Å²) in [7, 11) is 0. The molecule has 4 aliphatic heterocycles. The van der Waals surface area contributed by atoms with Crippen LogP contribution in [0.25, 0.3) is 0 Å². The van der Waals surface area contributed by atoms with E-state index < -0.39 is 141 Å². The fourth-order valence-corrected chi connectivity index (χ4v) is 6.14. The van der Waals surface area contributed by atoms with Crippen LogP contribution in [0.3, 0.4) is 0 Å². The number of aliphatic carboxylic acids is 1. The van der Waals surface area contributed by atoms with E-state index in [-0.39, 0.29) is 6.61 Å². The third-order valence-electron chi connectivity index (χ3n) is 8.97. The number of carboxylic acids is 1. The molecular weight excluding hydrogens is 682 g/mol. The number of aliphatic hydroxyl groups is 9. The fourth-order valence-electron chi connectivity index (χ4n) is 6.14. The second-order valence-electron chi connectivity index (χ2n) is 12.7. The Morgan fingerprint density at radius 3 is 1.72 bits per heavy atom. The van der Waals surface area contributed by atoms with Crippen molar-refractivity contribution >= 4 is 11.9 Å². The minimum Gasteiger partial charge on any atom is -0.479 e. The van der Waals surface area contributed by atoms with E-state index in [0.29, 0.717) is 6.42 Å². The third kappa shape index (κ3) is 8.72. The first-order valence-corrected chi connectivity index (χ1v) is 16.3. The Morgan fingerprint density at radius 2 is 1.18 bits per heavy atom. The molecule has 20 atom stereocenters. The molecule has 50 heavy (non-hydrogen) atoms. The molecule has 21 nitrogen and oxygen atoms in total. The Kier molecular flexibility index (Phi) is 14.3. The normalized spacial score (nSPS) is 48.6. The fraction of sp³-hybridized carbons (Fsp3) is 0.931. The van der Waals surface area contributed by atoms with Gasteiger partial charge in [-0.3, -0.25) is 4.79 Å². The summed E-state index contributed by atoms with van der Waals surface area (Å²) in [5, 5.41) is 107. The summed E-state index contributed by atoms with van der Waals surface area (Å²) in [6.07, 6.45) is -31.3. The maximum Gasteiger partial charge on any atom is 0.335 e. The first-order chi connectivity index (χ1) is 23.5. The quantitative estimate of drug-likeness (QED) is 0.0890. The van der Waals surface area contributed by atoms with Gasteiger partial charge in [-0.05, 0) is 20.3 Å². The van der Waals surface area contributed by atoms with Crippen LogP contribution in [-0.2, 0) is 47.5 Å². The van der Waals surface area contributed by atoms with Gasteiger partial charge in [0, 0.05) is 13.5 Å². The Hall–Kier alpha value is -1.74. The van der Waals surface area contributed by atoms with Crippen molar-refractivity contribution in [2.45, 2.75) is 157 Å². The van der Waals surface area contributed by atoms with Gasteiger partial charge in [0.05, 0.1) is 18.8 Å². The van der Waals surface area contributed by atoms with Crippen molar-refractivity contribution in [2.24, 2.45) is 0 Å². The van der Waals surface area contributed by atoms with E-state index in [9.17, 15) is 60.7 Å². The van der Waals surface area contributed by atoms with Crippen LogP contribution in [0.15, 0.2) is 0 Å². The van der Waals surface area contributed by atoms with Crippen molar-refractivity contribution in [2.75, 3.05) is 13.2 Å². The zero-order valence-corrected chi connectivity index (χ0v) is 27.7. The molecule has 1 amide bonds. The Labute approximate surface area is 286 Å². The van der Waals surface area contributed by atoms with E-state index in [1.165, 1.54) is 13.8 Å². The van der Waals surface area contributed by atoms with Gasteiger partial charge in [-0.2, -0.15) is 0 Å². The topological polar surface area (TPSA) is 322 Å². The molecule has 0 aromatic carbocycles. The number of rotatable bonds is 12. The van der Waals surface area contributed by atoms with Crippen molar-refractivity contribution in [3.8, 4) is 0 Å². The Morgan fingerprint density at radius 1 is 0.640 bits per heavy atom. The monoisotopic (exact) mass is 731 g/mol. The molecule has 4 fully saturated rings. The minimum absolute atomic E-state index is 0.173. The predicted molar refractivity (Wildman–Crippen MR) is 157 cm³/mol. The van der Waals surface area contributed by atoms with Crippen LogP contribution in [0.1, 0.15) is 34.1 Å². The van der Waals surface area contributed by atoms with Crippen LogP contribution in [0, 0.1) is 0 Å². The molecule has 0 spiro atoms. The Bertz CT molecular complexity index is 1120. The van der Waals surface area contributed by atoms with Crippen LogP contribution in [-0.4, -0.2) is 199 Å². The van der Waals surface area contributed by atoms with Crippen LogP contribution in [0.2, 0.25) is 0 Å². The molecule has 290 valence electrons. The molecule has 4 heterocycles. The number of carbonyl (C=O) groups excluding carboxylic acids is 1. The number of ether oxygens (including phenoxy) is 8. The van der Waals surface area contributed by atoms with E-state index in [1.54, 1.807) is 0 Å². The standard InChI is InChI=1S/C29H49NO20/c1-5-6-43-28-23(17(37)13(33)8(2)44-28)50-29-24(18(38)14(34)9(3)45-29)49-26-12(30-10(4)32)21(15(35)11(7-31)46-26)47-27-20(40)16(36)19(39)22(48-27)25(41)42/h8-9,11-24,26-29,31,33-40H,5-7H2,1-4H3,(H,30,32)(H,41,42)/t8?,9?,11?,12-,13-,14-,15-,16?,17?,18?,19+,20-,21?,22?,23-,24-,26-,27+,28+,29-/m0/s1.